The van der Waals surface area contributed by atoms with Crippen molar-refractivity contribution in [2.45, 2.75) is 44.8 Å². The van der Waals surface area contributed by atoms with Crippen molar-refractivity contribution in [3.63, 3.8) is 0 Å². The minimum Gasteiger partial charge on any atom is -0.480 e. The quantitative estimate of drug-likeness (QED) is 0.875. The van der Waals surface area contributed by atoms with E-state index in [-0.39, 0.29) is 5.91 Å². The zero-order valence-corrected chi connectivity index (χ0v) is 11.3. The molecule has 0 radical (unpaired) electrons. The summed E-state index contributed by atoms with van der Waals surface area (Å²) in [6.45, 7) is 2.64. The average Bonchev–Trinajstić information content (AvgIpc) is 2.64. The molecule has 2 atom stereocenters. The zero-order chi connectivity index (χ0) is 13.7. The van der Waals surface area contributed by atoms with Crippen LogP contribution in [0.5, 0.6) is 5.75 Å². The lowest BCUT2D eigenvalue weighted by Gasteiger charge is -2.20. The van der Waals surface area contributed by atoms with Gasteiger partial charge >= 0.3 is 0 Å². The highest BCUT2D eigenvalue weighted by molar-refractivity contribution is 5.81. The van der Waals surface area contributed by atoms with Crippen molar-refractivity contribution in [2.24, 2.45) is 0 Å². The van der Waals surface area contributed by atoms with Gasteiger partial charge in [0.25, 0.3) is 5.91 Å². The Morgan fingerprint density at radius 1 is 1.42 bits per heavy atom. The molecular weight excluding hydrogens is 242 g/mol. The molecule has 1 unspecified atom stereocenters. The van der Waals surface area contributed by atoms with E-state index in [0.29, 0.717) is 12.2 Å². The van der Waals surface area contributed by atoms with Gasteiger partial charge in [0.1, 0.15) is 5.75 Å². The van der Waals surface area contributed by atoms with Gasteiger partial charge in [-0.05, 0) is 31.7 Å². The predicted molar refractivity (Wildman–Crippen MR) is 73.0 cm³/mol. The molecule has 4 nitrogen and oxygen atoms in total. The molecule has 1 aliphatic heterocycles. The Morgan fingerprint density at radius 3 is 3.00 bits per heavy atom. The van der Waals surface area contributed by atoms with Crippen molar-refractivity contribution in [1.29, 1.82) is 0 Å². The van der Waals surface area contributed by atoms with Gasteiger partial charge in [-0.1, -0.05) is 25.1 Å². The van der Waals surface area contributed by atoms with Gasteiger partial charge < -0.3 is 15.2 Å². The summed E-state index contributed by atoms with van der Waals surface area (Å²) in [7, 11) is 0. The largest absolute Gasteiger partial charge is 0.480 e. The molecule has 2 N–H and O–H groups in total. The number of hydrogen-bond acceptors (Lipinski definition) is 3. The summed E-state index contributed by atoms with van der Waals surface area (Å²) in [6.07, 6.45) is 2.31. The van der Waals surface area contributed by atoms with Gasteiger partial charge in [0.15, 0.2) is 6.10 Å². The highest BCUT2D eigenvalue weighted by atomic mass is 16.5. The maximum Gasteiger partial charge on any atom is 0.261 e. The Kier molecular flexibility index (Phi) is 4.80. The normalized spacial score (nSPS) is 21.4. The van der Waals surface area contributed by atoms with Gasteiger partial charge in [-0.15, -0.1) is 0 Å². The van der Waals surface area contributed by atoms with Gasteiger partial charge in [-0.3, -0.25) is 4.79 Å². The number of amides is 1. The lowest BCUT2D eigenvalue weighted by atomic mass is 10.1. The molecule has 0 saturated carbocycles. The molecule has 4 heteroatoms. The maximum absolute atomic E-state index is 11.9. The standard InChI is InChI=1S/C15H21NO3/c1-2-12(17)11-7-3-4-8-13(11)19-14-9-5-6-10-16-15(14)18/h3-4,7-8,12,14,17H,2,5-6,9-10H2,1H3,(H,16,18)/t12-,14?/m1/s1. The van der Waals surface area contributed by atoms with Gasteiger partial charge in [0, 0.05) is 12.1 Å². The number of ether oxygens (including phenoxy) is 1. The number of carbonyl (C=O) groups is 1. The number of benzene rings is 1. The van der Waals surface area contributed by atoms with Crippen LogP contribution in [0.15, 0.2) is 24.3 Å². The summed E-state index contributed by atoms with van der Waals surface area (Å²) < 4.78 is 5.83. The number of hydrogen-bond donors (Lipinski definition) is 2. The first-order valence-electron chi connectivity index (χ1n) is 6.93. The lowest BCUT2D eigenvalue weighted by molar-refractivity contribution is -0.127. The minimum atomic E-state index is -0.551. The molecule has 0 aliphatic carbocycles. The highest BCUT2D eigenvalue weighted by Gasteiger charge is 2.23. The molecule has 2 rings (SSSR count). The average molecular weight is 263 g/mol. The minimum absolute atomic E-state index is 0.0571. The molecule has 0 aromatic heterocycles. The number of para-hydroxylation sites is 1. The van der Waals surface area contributed by atoms with E-state index in [0.717, 1.165) is 31.4 Å². The number of nitrogens with one attached hydrogen (secondary N) is 1. The first-order valence-corrected chi connectivity index (χ1v) is 6.93. The van der Waals surface area contributed by atoms with Crippen LogP contribution in [0.3, 0.4) is 0 Å². The van der Waals surface area contributed by atoms with Crippen LogP contribution < -0.4 is 10.1 Å². The molecule has 1 aromatic rings. The van der Waals surface area contributed by atoms with E-state index in [4.69, 9.17) is 4.74 Å². The summed E-state index contributed by atoms with van der Waals surface area (Å²) in [5.74, 6) is 0.553. The van der Waals surface area contributed by atoms with Crippen LogP contribution >= 0.6 is 0 Å². The van der Waals surface area contributed by atoms with E-state index in [1.807, 2.05) is 31.2 Å². The molecule has 1 amide bonds. The number of carbonyl (C=O) groups excluding carboxylic acids is 1. The summed E-state index contributed by atoms with van der Waals surface area (Å²) in [5, 5.41) is 12.8. The third-order valence-electron chi connectivity index (χ3n) is 3.42. The van der Waals surface area contributed by atoms with Gasteiger partial charge in [-0.2, -0.15) is 0 Å². The van der Waals surface area contributed by atoms with Crippen LogP contribution in [0.2, 0.25) is 0 Å². The topological polar surface area (TPSA) is 58.6 Å². The van der Waals surface area contributed by atoms with Crippen LogP contribution in [0.4, 0.5) is 0 Å². The maximum atomic E-state index is 11.9. The Bertz CT molecular complexity index is 433. The Balaban J connectivity index is 2.15. The van der Waals surface area contributed by atoms with Crippen LogP contribution in [0.1, 0.15) is 44.3 Å². The number of aliphatic hydroxyl groups excluding tert-OH is 1. The number of rotatable bonds is 4. The first kappa shape index (κ1) is 13.9. The molecule has 0 spiro atoms. The molecular formula is C15H21NO3. The lowest BCUT2D eigenvalue weighted by Crippen LogP contribution is -2.36. The predicted octanol–water partition coefficient (Wildman–Crippen LogP) is 2.18. The third kappa shape index (κ3) is 3.47. The summed E-state index contributed by atoms with van der Waals surface area (Å²) >= 11 is 0. The van der Waals surface area contributed by atoms with Crippen LogP contribution in [-0.4, -0.2) is 23.7 Å². The smallest absolute Gasteiger partial charge is 0.261 e. The molecule has 104 valence electrons. The monoisotopic (exact) mass is 263 g/mol. The molecule has 1 fully saturated rings. The van der Waals surface area contributed by atoms with Gasteiger partial charge in [0.05, 0.1) is 6.10 Å². The van der Waals surface area contributed by atoms with Crippen LogP contribution in [0.25, 0.3) is 0 Å². The van der Waals surface area contributed by atoms with E-state index < -0.39 is 12.2 Å². The third-order valence-corrected chi connectivity index (χ3v) is 3.42. The summed E-state index contributed by atoms with van der Waals surface area (Å²) in [6, 6.07) is 7.38. The molecule has 1 aromatic carbocycles. The molecule has 1 saturated heterocycles. The second-order valence-corrected chi connectivity index (χ2v) is 4.86. The van der Waals surface area contributed by atoms with E-state index in [9.17, 15) is 9.90 Å². The molecule has 1 heterocycles. The number of aliphatic hydroxyl groups is 1. The molecule has 1 aliphatic rings. The van der Waals surface area contributed by atoms with Crippen molar-refractivity contribution >= 4 is 5.91 Å². The van der Waals surface area contributed by atoms with Gasteiger partial charge in [0.2, 0.25) is 0 Å². The SMILES string of the molecule is CC[C@@H](O)c1ccccc1OC1CCCCNC1=O. The van der Waals surface area contributed by atoms with Crippen molar-refractivity contribution in [3.05, 3.63) is 29.8 Å². The van der Waals surface area contributed by atoms with E-state index in [1.54, 1.807) is 0 Å². The van der Waals surface area contributed by atoms with E-state index in [2.05, 4.69) is 5.32 Å². The zero-order valence-electron chi connectivity index (χ0n) is 11.3. The second kappa shape index (κ2) is 6.57. The van der Waals surface area contributed by atoms with Crippen molar-refractivity contribution < 1.29 is 14.6 Å². The Morgan fingerprint density at radius 2 is 2.21 bits per heavy atom. The van der Waals surface area contributed by atoms with Gasteiger partial charge in [-0.25, -0.2) is 0 Å². The van der Waals surface area contributed by atoms with E-state index >= 15 is 0 Å². The molecule has 0 bridgehead atoms. The van der Waals surface area contributed by atoms with Crippen molar-refractivity contribution in [1.82, 2.24) is 5.32 Å². The van der Waals surface area contributed by atoms with E-state index in [1.165, 1.54) is 0 Å². The fourth-order valence-corrected chi connectivity index (χ4v) is 2.26. The Labute approximate surface area is 113 Å². The highest BCUT2D eigenvalue weighted by Crippen LogP contribution is 2.28. The summed E-state index contributed by atoms with van der Waals surface area (Å²) in [4.78, 5) is 11.9. The van der Waals surface area contributed by atoms with Crippen molar-refractivity contribution in [2.75, 3.05) is 6.54 Å². The fraction of sp³-hybridized carbons (Fsp3) is 0.533. The van der Waals surface area contributed by atoms with Crippen molar-refractivity contribution in [3.8, 4) is 5.75 Å². The summed E-state index contributed by atoms with van der Waals surface area (Å²) in [5.41, 5.74) is 0.752. The van der Waals surface area contributed by atoms with Crippen LogP contribution in [-0.2, 0) is 4.79 Å². The first-order chi connectivity index (χ1) is 9.22. The fourth-order valence-electron chi connectivity index (χ4n) is 2.26. The Hall–Kier alpha value is -1.55. The second-order valence-electron chi connectivity index (χ2n) is 4.86. The van der Waals surface area contributed by atoms with Crippen LogP contribution in [0, 0.1) is 0 Å². The molecule has 19 heavy (non-hydrogen) atoms.